The minimum absolute atomic E-state index is 0.113. The molecule has 0 saturated heterocycles. The van der Waals surface area contributed by atoms with E-state index in [-0.39, 0.29) is 37.5 Å². The number of carbonyl (C=O) groups excluding carboxylic acids is 3. The lowest BCUT2D eigenvalue weighted by Gasteiger charge is -2.18. The van der Waals surface area contributed by atoms with Crippen molar-refractivity contribution in [3.8, 4) is 0 Å². The lowest BCUT2D eigenvalue weighted by molar-refractivity contribution is -0.167. The third kappa shape index (κ3) is 54.9. The molecule has 0 aliphatic rings. The summed E-state index contributed by atoms with van der Waals surface area (Å²) in [5.41, 5.74) is 0. The van der Waals surface area contributed by atoms with Gasteiger partial charge in [0.1, 0.15) is 13.2 Å². The van der Waals surface area contributed by atoms with E-state index in [0.29, 0.717) is 19.3 Å². The molecule has 0 spiro atoms. The van der Waals surface area contributed by atoms with Gasteiger partial charge in [0.05, 0.1) is 0 Å². The standard InChI is InChI=1S/C63H104O6/c1-4-7-10-13-16-19-22-25-28-31-33-35-38-41-44-47-50-53-56-62(65)68-59-60(58-67-61(64)55-52-49-46-43-40-37-34-30-27-24-21-18-15-12-9-6-3)69-63(66)57-54-51-48-45-42-39-36-32-29-26-23-20-17-14-11-8-5-2/h16-17,19-20,22,25-26,28-31,33-36,39,45,48,60H,4-15,18,21,23-24,27,32,37-38,40-44,46-47,49-59H2,1-3H3/b19-16-,20-17-,25-22-,29-26-,31-28-,34-30-,35-33-,39-36-,48-45-. The molecule has 6 heteroatoms. The number of rotatable bonds is 50. The molecule has 0 fully saturated rings. The number of ether oxygens (including phenoxy) is 3. The molecule has 0 radical (unpaired) electrons. The first-order valence-corrected chi connectivity index (χ1v) is 28.4. The Kier molecular flexibility index (Phi) is 53.4. The van der Waals surface area contributed by atoms with Gasteiger partial charge >= 0.3 is 17.9 Å². The van der Waals surface area contributed by atoms with Gasteiger partial charge in [-0.3, -0.25) is 14.4 Å². The molecule has 0 saturated carbocycles. The van der Waals surface area contributed by atoms with Crippen LogP contribution in [-0.4, -0.2) is 37.2 Å². The molecule has 0 bridgehead atoms. The van der Waals surface area contributed by atoms with Gasteiger partial charge in [-0.2, -0.15) is 0 Å². The summed E-state index contributed by atoms with van der Waals surface area (Å²) in [7, 11) is 0. The molecule has 0 aromatic rings. The molecule has 1 unspecified atom stereocenters. The SMILES string of the molecule is CCCCC\C=C/C=C\C=C/C=C\CCCCCCCC(=O)OCC(COC(=O)CCCCCCC/C=C\CCCCCCCCC)OC(=O)CCC/C=C\C/C=C\C/C=C\C/C=C\CCCCC. The van der Waals surface area contributed by atoms with E-state index >= 15 is 0 Å². The number of hydrogen-bond donors (Lipinski definition) is 0. The molecule has 0 heterocycles. The molecule has 0 aliphatic carbocycles. The number of allylic oxidation sites excluding steroid dienone is 18. The highest BCUT2D eigenvalue weighted by Crippen LogP contribution is 2.13. The van der Waals surface area contributed by atoms with Crippen LogP contribution in [0.1, 0.15) is 252 Å². The first kappa shape index (κ1) is 65.1. The average molecular weight is 958 g/mol. The average Bonchev–Trinajstić information content (AvgIpc) is 3.35. The second-order valence-electron chi connectivity index (χ2n) is 18.6. The molecule has 0 amide bonds. The van der Waals surface area contributed by atoms with Crippen LogP contribution in [0.5, 0.6) is 0 Å². The van der Waals surface area contributed by atoms with Gasteiger partial charge in [0, 0.05) is 19.3 Å². The molecule has 0 N–H and O–H groups in total. The van der Waals surface area contributed by atoms with Crippen molar-refractivity contribution in [2.24, 2.45) is 0 Å². The first-order chi connectivity index (χ1) is 34.0. The third-order valence-electron chi connectivity index (χ3n) is 11.8. The van der Waals surface area contributed by atoms with Gasteiger partial charge < -0.3 is 14.2 Å². The van der Waals surface area contributed by atoms with E-state index in [9.17, 15) is 14.4 Å². The second-order valence-corrected chi connectivity index (χ2v) is 18.6. The van der Waals surface area contributed by atoms with Crippen molar-refractivity contribution in [1.29, 1.82) is 0 Å². The van der Waals surface area contributed by atoms with E-state index in [0.717, 1.165) is 103 Å². The molecular formula is C63H104O6. The van der Waals surface area contributed by atoms with E-state index in [1.54, 1.807) is 0 Å². The molecule has 0 aromatic heterocycles. The third-order valence-corrected chi connectivity index (χ3v) is 11.8. The largest absolute Gasteiger partial charge is 0.462 e. The van der Waals surface area contributed by atoms with Crippen LogP contribution < -0.4 is 0 Å². The van der Waals surface area contributed by atoms with Gasteiger partial charge in [-0.15, -0.1) is 0 Å². The Hall–Kier alpha value is -3.93. The van der Waals surface area contributed by atoms with Gasteiger partial charge in [-0.1, -0.05) is 233 Å². The maximum atomic E-state index is 12.8. The molecular weight excluding hydrogens is 853 g/mol. The molecule has 69 heavy (non-hydrogen) atoms. The Morgan fingerprint density at radius 1 is 0.304 bits per heavy atom. The van der Waals surface area contributed by atoms with E-state index in [1.165, 1.54) is 103 Å². The van der Waals surface area contributed by atoms with Crippen molar-refractivity contribution in [2.45, 2.75) is 258 Å². The quantitative estimate of drug-likeness (QED) is 0.0199. The summed E-state index contributed by atoms with van der Waals surface area (Å²) < 4.78 is 16.8. The summed E-state index contributed by atoms with van der Waals surface area (Å²) in [4.78, 5) is 38.1. The summed E-state index contributed by atoms with van der Waals surface area (Å²) in [6.07, 6.45) is 76.4. The van der Waals surface area contributed by atoms with Crippen molar-refractivity contribution in [3.05, 3.63) is 109 Å². The molecule has 0 aromatic carbocycles. The van der Waals surface area contributed by atoms with Crippen molar-refractivity contribution in [1.82, 2.24) is 0 Å². The normalized spacial score (nSPS) is 12.9. The van der Waals surface area contributed by atoms with Crippen LogP contribution in [0.15, 0.2) is 109 Å². The van der Waals surface area contributed by atoms with Crippen molar-refractivity contribution in [2.75, 3.05) is 13.2 Å². The fourth-order valence-corrected chi connectivity index (χ4v) is 7.50. The van der Waals surface area contributed by atoms with Crippen molar-refractivity contribution in [3.63, 3.8) is 0 Å². The van der Waals surface area contributed by atoms with E-state index in [1.807, 2.05) is 0 Å². The van der Waals surface area contributed by atoms with Gasteiger partial charge in [-0.05, 0) is 109 Å². The Labute approximate surface area is 425 Å². The predicted molar refractivity (Wildman–Crippen MR) is 297 cm³/mol. The Balaban J connectivity index is 4.55. The van der Waals surface area contributed by atoms with Crippen LogP contribution in [0, 0.1) is 0 Å². The highest BCUT2D eigenvalue weighted by atomic mass is 16.6. The Bertz CT molecular complexity index is 1420. The monoisotopic (exact) mass is 957 g/mol. The Morgan fingerprint density at radius 3 is 1.03 bits per heavy atom. The maximum Gasteiger partial charge on any atom is 0.306 e. The van der Waals surface area contributed by atoms with Crippen LogP contribution in [-0.2, 0) is 28.6 Å². The number of carbonyl (C=O) groups is 3. The van der Waals surface area contributed by atoms with Crippen LogP contribution in [0.25, 0.3) is 0 Å². The fourth-order valence-electron chi connectivity index (χ4n) is 7.50. The Morgan fingerprint density at radius 2 is 0.594 bits per heavy atom. The molecule has 0 rings (SSSR count). The zero-order valence-corrected chi connectivity index (χ0v) is 44.8. The lowest BCUT2D eigenvalue weighted by atomic mass is 10.1. The van der Waals surface area contributed by atoms with Crippen LogP contribution in [0.4, 0.5) is 0 Å². The van der Waals surface area contributed by atoms with Gasteiger partial charge in [0.25, 0.3) is 0 Å². The fraction of sp³-hybridized carbons (Fsp3) is 0.667. The number of esters is 3. The minimum atomic E-state index is -0.822. The summed E-state index contributed by atoms with van der Waals surface area (Å²) >= 11 is 0. The van der Waals surface area contributed by atoms with E-state index in [2.05, 4.69) is 130 Å². The molecule has 392 valence electrons. The van der Waals surface area contributed by atoms with Crippen LogP contribution >= 0.6 is 0 Å². The summed E-state index contributed by atoms with van der Waals surface area (Å²) in [5.74, 6) is -1.00. The van der Waals surface area contributed by atoms with Gasteiger partial charge in [0.2, 0.25) is 0 Å². The molecule has 6 nitrogen and oxygen atoms in total. The van der Waals surface area contributed by atoms with Crippen LogP contribution in [0.3, 0.4) is 0 Å². The van der Waals surface area contributed by atoms with Crippen LogP contribution in [0.2, 0.25) is 0 Å². The second kappa shape index (κ2) is 56.7. The highest BCUT2D eigenvalue weighted by Gasteiger charge is 2.19. The minimum Gasteiger partial charge on any atom is -0.462 e. The lowest BCUT2D eigenvalue weighted by Crippen LogP contribution is -2.30. The zero-order chi connectivity index (χ0) is 50.0. The number of hydrogen-bond acceptors (Lipinski definition) is 6. The van der Waals surface area contributed by atoms with Gasteiger partial charge in [-0.25, -0.2) is 0 Å². The van der Waals surface area contributed by atoms with Crippen molar-refractivity contribution >= 4 is 17.9 Å². The smallest absolute Gasteiger partial charge is 0.306 e. The number of unbranched alkanes of at least 4 members (excludes halogenated alkanes) is 24. The van der Waals surface area contributed by atoms with E-state index in [4.69, 9.17) is 14.2 Å². The molecule has 0 aliphatic heterocycles. The zero-order valence-electron chi connectivity index (χ0n) is 44.8. The maximum absolute atomic E-state index is 12.8. The van der Waals surface area contributed by atoms with Crippen molar-refractivity contribution < 1.29 is 28.6 Å². The topological polar surface area (TPSA) is 78.9 Å². The predicted octanol–water partition coefficient (Wildman–Crippen LogP) is 19.1. The first-order valence-electron chi connectivity index (χ1n) is 28.4. The summed E-state index contributed by atoms with van der Waals surface area (Å²) in [6, 6.07) is 0. The summed E-state index contributed by atoms with van der Waals surface area (Å²) in [5, 5.41) is 0. The highest BCUT2D eigenvalue weighted by molar-refractivity contribution is 5.71. The summed E-state index contributed by atoms with van der Waals surface area (Å²) in [6.45, 7) is 6.50. The van der Waals surface area contributed by atoms with E-state index < -0.39 is 6.10 Å². The molecule has 1 atom stereocenters. The van der Waals surface area contributed by atoms with Gasteiger partial charge in [0.15, 0.2) is 6.10 Å².